The van der Waals surface area contributed by atoms with E-state index in [-0.39, 0.29) is 6.04 Å². The summed E-state index contributed by atoms with van der Waals surface area (Å²) >= 11 is 0. The average molecular weight is 325 g/mol. The average Bonchev–Trinajstić information content (AvgIpc) is 2.52. The first kappa shape index (κ1) is 19.2. The maximum Gasteiger partial charge on any atom is 0.257 e. The van der Waals surface area contributed by atoms with E-state index in [1.807, 2.05) is 6.07 Å². The van der Waals surface area contributed by atoms with Gasteiger partial charge in [-0.2, -0.15) is 0 Å². The Morgan fingerprint density at radius 1 is 0.864 bits per heavy atom. The Morgan fingerprint density at radius 3 is 2.00 bits per heavy atom. The molecule has 0 fully saturated rings. The van der Waals surface area contributed by atoms with Crippen LogP contribution in [0.15, 0.2) is 35.2 Å². The Kier molecular flexibility index (Phi) is 9.41. The van der Waals surface area contributed by atoms with Crippen LogP contribution >= 0.6 is 0 Å². The van der Waals surface area contributed by atoms with Gasteiger partial charge in [0.2, 0.25) is 0 Å². The number of rotatable bonds is 12. The molecule has 1 aromatic carbocycles. The minimum Gasteiger partial charge on any atom is -0.206 e. The lowest BCUT2D eigenvalue weighted by Gasteiger charge is -2.16. The van der Waals surface area contributed by atoms with Crippen molar-refractivity contribution in [2.24, 2.45) is 0 Å². The van der Waals surface area contributed by atoms with Crippen molar-refractivity contribution in [1.82, 2.24) is 4.72 Å². The standard InChI is InChI=1S/C18H30NO2S/c1-3-5-7-10-14-17(13-9-6-4-2)19-22(20,21)18-15-11-8-12-16-18/h8,11-12,15-17H,3-7,9-10,13-14H2,1-2H3. The lowest BCUT2D eigenvalue weighted by Crippen LogP contribution is -2.28. The third kappa shape index (κ3) is 7.41. The molecule has 0 N–H and O–H groups in total. The van der Waals surface area contributed by atoms with Crippen molar-refractivity contribution in [1.29, 1.82) is 0 Å². The number of hydrogen-bond acceptors (Lipinski definition) is 2. The van der Waals surface area contributed by atoms with Gasteiger partial charge in [0.05, 0.1) is 4.90 Å². The number of sulfonamides is 1. The molecule has 0 amide bonds. The topological polar surface area (TPSA) is 48.2 Å². The van der Waals surface area contributed by atoms with Crippen molar-refractivity contribution in [2.45, 2.75) is 82.6 Å². The second-order valence-electron chi connectivity index (χ2n) is 5.89. The molecule has 0 saturated carbocycles. The number of nitrogens with zero attached hydrogens (tertiary/aromatic N) is 1. The normalized spacial score (nSPS) is 13.2. The van der Waals surface area contributed by atoms with Crippen molar-refractivity contribution in [2.75, 3.05) is 0 Å². The molecule has 0 heterocycles. The molecule has 1 radical (unpaired) electrons. The van der Waals surface area contributed by atoms with Crippen molar-refractivity contribution >= 4 is 10.0 Å². The summed E-state index contributed by atoms with van der Waals surface area (Å²) < 4.78 is 29.0. The van der Waals surface area contributed by atoms with E-state index in [0.29, 0.717) is 4.90 Å². The fraction of sp³-hybridized carbons (Fsp3) is 0.667. The van der Waals surface area contributed by atoms with E-state index in [9.17, 15) is 8.42 Å². The molecule has 0 aliphatic heterocycles. The maximum atomic E-state index is 12.4. The van der Waals surface area contributed by atoms with Crippen molar-refractivity contribution in [3.63, 3.8) is 0 Å². The van der Waals surface area contributed by atoms with E-state index in [1.54, 1.807) is 24.3 Å². The van der Waals surface area contributed by atoms with Crippen LogP contribution in [0.3, 0.4) is 0 Å². The smallest absolute Gasteiger partial charge is 0.206 e. The second kappa shape index (κ2) is 10.8. The van der Waals surface area contributed by atoms with Gasteiger partial charge in [-0.1, -0.05) is 77.0 Å². The first-order valence-corrected chi connectivity index (χ1v) is 10.1. The third-order valence-corrected chi connectivity index (χ3v) is 5.30. The van der Waals surface area contributed by atoms with E-state index in [2.05, 4.69) is 18.6 Å². The molecule has 0 bridgehead atoms. The number of benzene rings is 1. The van der Waals surface area contributed by atoms with Crippen LogP contribution in [0.5, 0.6) is 0 Å². The summed E-state index contributed by atoms with van der Waals surface area (Å²) in [7, 11) is -3.51. The van der Waals surface area contributed by atoms with Gasteiger partial charge in [0.15, 0.2) is 0 Å². The molecule has 0 saturated heterocycles. The zero-order valence-corrected chi connectivity index (χ0v) is 14.8. The SMILES string of the molecule is CCCCCCC(CCCCC)[N]S(=O)(=O)c1ccccc1. The van der Waals surface area contributed by atoms with Gasteiger partial charge in [0, 0.05) is 6.04 Å². The van der Waals surface area contributed by atoms with Crippen molar-refractivity contribution in [3.8, 4) is 0 Å². The lowest BCUT2D eigenvalue weighted by atomic mass is 10.0. The highest BCUT2D eigenvalue weighted by atomic mass is 32.2. The first-order chi connectivity index (χ1) is 10.6. The van der Waals surface area contributed by atoms with Crippen LogP contribution in [0.4, 0.5) is 0 Å². The molecule has 125 valence electrons. The molecular formula is C18H30NO2S. The molecule has 3 nitrogen and oxygen atoms in total. The monoisotopic (exact) mass is 324 g/mol. The van der Waals surface area contributed by atoms with E-state index in [4.69, 9.17) is 0 Å². The summed E-state index contributed by atoms with van der Waals surface area (Å²) in [4.78, 5) is 0.309. The molecule has 0 aliphatic rings. The Bertz CT molecular complexity index is 485. The third-order valence-electron chi connectivity index (χ3n) is 3.86. The van der Waals surface area contributed by atoms with Crippen molar-refractivity contribution in [3.05, 3.63) is 30.3 Å². The number of hydrogen-bond donors (Lipinski definition) is 0. The zero-order chi connectivity index (χ0) is 16.3. The maximum absolute atomic E-state index is 12.4. The van der Waals surface area contributed by atoms with Crippen LogP contribution in [0.2, 0.25) is 0 Å². The summed E-state index contributed by atoms with van der Waals surface area (Å²) in [5.74, 6) is 0. The molecule has 4 heteroatoms. The van der Waals surface area contributed by atoms with Crippen LogP contribution in [0.1, 0.15) is 71.6 Å². The summed E-state index contributed by atoms with van der Waals surface area (Å²) in [5.41, 5.74) is 0. The van der Waals surface area contributed by atoms with Gasteiger partial charge >= 0.3 is 0 Å². The minimum atomic E-state index is -3.51. The second-order valence-corrected chi connectivity index (χ2v) is 7.52. The molecule has 22 heavy (non-hydrogen) atoms. The van der Waals surface area contributed by atoms with Crippen LogP contribution in [0, 0.1) is 0 Å². The Hall–Kier alpha value is -0.870. The van der Waals surface area contributed by atoms with E-state index < -0.39 is 10.0 Å². The predicted octanol–water partition coefficient (Wildman–Crippen LogP) is 4.90. The van der Waals surface area contributed by atoms with E-state index in [0.717, 1.165) is 38.5 Å². The van der Waals surface area contributed by atoms with Crippen LogP contribution in [-0.4, -0.2) is 14.5 Å². The molecule has 1 aromatic rings. The van der Waals surface area contributed by atoms with Gasteiger partial charge in [0.1, 0.15) is 0 Å². The highest BCUT2D eigenvalue weighted by Crippen LogP contribution is 2.17. The summed E-state index contributed by atoms with van der Waals surface area (Å²) in [6.07, 6.45) is 9.76. The fourth-order valence-electron chi connectivity index (χ4n) is 2.54. The molecule has 1 atom stereocenters. The van der Waals surface area contributed by atoms with Gasteiger partial charge in [-0.15, -0.1) is 4.72 Å². The van der Waals surface area contributed by atoms with Gasteiger partial charge in [0.25, 0.3) is 10.0 Å². The molecule has 0 spiro atoms. The van der Waals surface area contributed by atoms with E-state index in [1.165, 1.54) is 19.3 Å². The first-order valence-electron chi connectivity index (χ1n) is 8.62. The highest BCUT2D eigenvalue weighted by molar-refractivity contribution is 7.89. The van der Waals surface area contributed by atoms with Crippen molar-refractivity contribution < 1.29 is 8.42 Å². The summed E-state index contributed by atoms with van der Waals surface area (Å²) in [5, 5.41) is 0. The quantitative estimate of drug-likeness (QED) is 0.513. The van der Waals surface area contributed by atoms with Gasteiger partial charge < -0.3 is 0 Å². The molecule has 1 rings (SSSR count). The number of unbranched alkanes of at least 4 members (excludes halogenated alkanes) is 5. The summed E-state index contributed by atoms with van der Waals surface area (Å²) in [6, 6.07) is 8.50. The lowest BCUT2D eigenvalue weighted by molar-refractivity contribution is 0.455. The van der Waals surface area contributed by atoms with Gasteiger partial charge in [-0.3, -0.25) is 0 Å². The Balaban J connectivity index is 2.61. The minimum absolute atomic E-state index is 0.0615. The molecule has 0 aromatic heterocycles. The molecular weight excluding hydrogens is 294 g/mol. The predicted molar refractivity (Wildman–Crippen MR) is 92.5 cm³/mol. The van der Waals surface area contributed by atoms with Crippen LogP contribution < -0.4 is 4.72 Å². The van der Waals surface area contributed by atoms with Gasteiger partial charge in [-0.05, 0) is 25.0 Å². The zero-order valence-electron chi connectivity index (χ0n) is 14.0. The highest BCUT2D eigenvalue weighted by Gasteiger charge is 2.21. The summed E-state index contributed by atoms with van der Waals surface area (Å²) in [6.45, 7) is 4.34. The molecule has 1 unspecified atom stereocenters. The Labute approximate surface area is 136 Å². The van der Waals surface area contributed by atoms with Crippen LogP contribution in [0.25, 0.3) is 0 Å². The van der Waals surface area contributed by atoms with E-state index >= 15 is 0 Å². The fourth-order valence-corrected chi connectivity index (χ4v) is 3.76. The molecule has 0 aliphatic carbocycles. The van der Waals surface area contributed by atoms with Gasteiger partial charge in [-0.25, -0.2) is 8.42 Å². The largest absolute Gasteiger partial charge is 0.257 e. The Morgan fingerprint density at radius 2 is 1.41 bits per heavy atom. The van der Waals surface area contributed by atoms with Crippen LogP contribution in [-0.2, 0) is 10.0 Å².